The van der Waals surface area contributed by atoms with Gasteiger partial charge >= 0.3 is 5.76 Å². The largest absolute Gasteiger partial charge is 0.419 e. The molecular formula is C14H18N2O3. The van der Waals surface area contributed by atoms with Gasteiger partial charge in [-0.25, -0.2) is 4.79 Å². The van der Waals surface area contributed by atoms with E-state index in [0.29, 0.717) is 5.58 Å². The van der Waals surface area contributed by atoms with Gasteiger partial charge in [0.2, 0.25) is 0 Å². The molecule has 2 N–H and O–H groups in total. The van der Waals surface area contributed by atoms with Gasteiger partial charge in [0.25, 0.3) is 0 Å². The smallest absolute Gasteiger partial charge is 0.408 e. The number of rotatable bonds is 4. The molecule has 1 unspecified atom stereocenters. The van der Waals surface area contributed by atoms with Crippen LogP contribution in [0, 0.1) is 5.41 Å². The number of aliphatic hydroxyl groups is 1. The van der Waals surface area contributed by atoms with Crippen LogP contribution in [0.3, 0.4) is 0 Å². The molecule has 0 aliphatic heterocycles. The molecule has 5 nitrogen and oxygen atoms in total. The van der Waals surface area contributed by atoms with Crippen LogP contribution in [0.15, 0.2) is 27.4 Å². The summed E-state index contributed by atoms with van der Waals surface area (Å²) in [7, 11) is 3.60. The molecule has 1 saturated carbocycles. The Morgan fingerprint density at radius 2 is 2.26 bits per heavy atom. The van der Waals surface area contributed by atoms with Crippen LogP contribution < -0.4 is 11.1 Å². The number of benzene rings is 1. The molecule has 5 heteroatoms. The van der Waals surface area contributed by atoms with Crippen LogP contribution >= 0.6 is 0 Å². The Hall–Kier alpha value is -1.59. The number of aliphatic hydroxyl groups excluding tert-OH is 1. The van der Waals surface area contributed by atoms with Gasteiger partial charge in [-0.15, -0.1) is 0 Å². The maximum absolute atomic E-state index is 11.5. The number of oxazole rings is 1. The first-order valence-corrected chi connectivity index (χ1v) is 6.49. The molecule has 3 rings (SSSR count). The number of fused-ring (bicyclic) bond motifs is 1. The second-order valence-electron chi connectivity index (χ2n) is 5.40. The van der Waals surface area contributed by atoms with Gasteiger partial charge in [-0.2, -0.15) is 0 Å². The topological polar surface area (TPSA) is 67.4 Å². The van der Waals surface area contributed by atoms with Gasteiger partial charge in [0.1, 0.15) is 0 Å². The van der Waals surface area contributed by atoms with E-state index in [4.69, 9.17) is 4.42 Å². The number of hydrogen-bond acceptors (Lipinski definition) is 4. The molecule has 0 spiro atoms. The van der Waals surface area contributed by atoms with Crippen molar-refractivity contribution in [1.29, 1.82) is 0 Å². The van der Waals surface area contributed by atoms with E-state index < -0.39 is 0 Å². The number of aryl methyl sites for hydroxylation is 1. The zero-order valence-corrected chi connectivity index (χ0v) is 11.1. The number of hydrogen-bond donors (Lipinski definition) is 2. The Bertz CT molecular complexity index is 667. The van der Waals surface area contributed by atoms with Crippen LogP contribution in [-0.4, -0.2) is 23.3 Å². The lowest BCUT2D eigenvalue weighted by Crippen LogP contribution is -2.29. The molecule has 1 aromatic carbocycles. The molecular weight excluding hydrogens is 244 g/mol. The van der Waals surface area contributed by atoms with Crippen LogP contribution in [0.4, 0.5) is 0 Å². The molecule has 0 bridgehead atoms. The minimum absolute atomic E-state index is 0.0506. The second-order valence-corrected chi connectivity index (χ2v) is 5.40. The number of aromatic nitrogens is 1. The van der Waals surface area contributed by atoms with Crippen molar-refractivity contribution in [3.05, 3.63) is 34.3 Å². The van der Waals surface area contributed by atoms with Crippen LogP contribution in [0.1, 0.15) is 24.4 Å². The first kappa shape index (κ1) is 12.4. The third-order valence-electron chi connectivity index (χ3n) is 4.26. The van der Waals surface area contributed by atoms with Crippen LogP contribution in [0.5, 0.6) is 0 Å². The van der Waals surface area contributed by atoms with E-state index in [0.717, 1.165) is 23.9 Å². The third-order valence-corrected chi connectivity index (χ3v) is 4.26. The molecule has 1 aliphatic rings. The van der Waals surface area contributed by atoms with E-state index in [2.05, 4.69) is 5.32 Å². The van der Waals surface area contributed by atoms with Gasteiger partial charge in [-0.3, -0.25) is 4.57 Å². The fraction of sp³-hybridized carbons (Fsp3) is 0.500. The number of nitrogens with one attached hydrogen (secondary N) is 1. The molecule has 1 atom stereocenters. The van der Waals surface area contributed by atoms with Crippen molar-refractivity contribution < 1.29 is 9.52 Å². The Balaban J connectivity index is 2.09. The predicted molar refractivity (Wildman–Crippen MR) is 72.0 cm³/mol. The Morgan fingerprint density at radius 3 is 2.84 bits per heavy atom. The van der Waals surface area contributed by atoms with Crippen molar-refractivity contribution in [2.45, 2.75) is 18.9 Å². The molecule has 0 radical (unpaired) electrons. The van der Waals surface area contributed by atoms with E-state index in [-0.39, 0.29) is 23.8 Å². The highest BCUT2D eigenvalue weighted by Gasteiger charge is 2.48. The molecule has 1 aliphatic carbocycles. The zero-order valence-electron chi connectivity index (χ0n) is 11.1. The lowest BCUT2D eigenvalue weighted by Gasteiger charge is -2.25. The molecule has 102 valence electrons. The van der Waals surface area contributed by atoms with Gasteiger partial charge < -0.3 is 14.8 Å². The van der Waals surface area contributed by atoms with Crippen LogP contribution in [0.2, 0.25) is 0 Å². The quantitative estimate of drug-likeness (QED) is 0.868. The molecule has 1 aromatic heterocycles. The first-order valence-electron chi connectivity index (χ1n) is 6.49. The summed E-state index contributed by atoms with van der Waals surface area (Å²) >= 11 is 0. The van der Waals surface area contributed by atoms with Gasteiger partial charge in [0.15, 0.2) is 5.58 Å². The van der Waals surface area contributed by atoms with Crippen molar-refractivity contribution in [2.24, 2.45) is 12.5 Å². The van der Waals surface area contributed by atoms with E-state index >= 15 is 0 Å². The van der Waals surface area contributed by atoms with Gasteiger partial charge in [-0.1, -0.05) is 6.07 Å². The van der Waals surface area contributed by atoms with Crippen LogP contribution in [-0.2, 0) is 7.05 Å². The van der Waals surface area contributed by atoms with Crippen molar-refractivity contribution in [3.8, 4) is 0 Å². The lowest BCUT2D eigenvalue weighted by atomic mass is 9.90. The molecule has 0 saturated heterocycles. The maximum Gasteiger partial charge on any atom is 0.419 e. The maximum atomic E-state index is 11.5. The highest BCUT2D eigenvalue weighted by atomic mass is 16.4. The van der Waals surface area contributed by atoms with Gasteiger partial charge in [0, 0.05) is 18.5 Å². The summed E-state index contributed by atoms with van der Waals surface area (Å²) in [5.74, 6) is -0.351. The van der Waals surface area contributed by atoms with Crippen molar-refractivity contribution in [3.63, 3.8) is 0 Å². The summed E-state index contributed by atoms with van der Waals surface area (Å²) in [6.07, 6.45) is 2.05. The normalized spacial score (nSPS) is 18.7. The molecule has 1 fully saturated rings. The highest BCUT2D eigenvalue weighted by Crippen LogP contribution is 2.54. The highest BCUT2D eigenvalue weighted by molar-refractivity contribution is 5.74. The molecule has 19 heavy (non-hydrogen) atoms. The van der Waals surface area contributed by atoms with Gasteiger partial charge in [-0.05, 0) is 37.6 Å². The molecule has 1 heterocycles. The fourth-order valence-electron chi connectivity index (χ4n) is 2.85. The van der Waals surface area contributed by atoms with Crippen LogP contribution in [0.25, 0.3) is 11.1 Å². The minimum Gasteiger partial charge on any atom is -0.408 e. The van der Waals surface area contributed by atoms with E-state index in [1.165, 1.54) is 4.57 Å². The Morgan fingerprint density at radius 1 is 1.53 bits per heavy atom. The van der Waals surface area contributed by atoms with Crippen molar-refractivity contribution in [1.82, 2.24) is 9.88 Å². The summed E-state index contributed by atoms with van der Waals surface area (Å²) < 4.78 is 6.64. The fourth-order valence-corrected chi connectivity index (χ4v) is 2.85. The van der Waals surface area contributed by atoms with Crippen molar-refractivity contribution in [2.75, 3.05) is 13.7 Å². The first-order chi connectivity index (χ1) is 9.11. The Kier molecular flexibility index (Phi) is 2.76. The summed E-state index contributed by atoms with van der Waals surface area (Å²) in [6.45, 7) is 0.181. The summed E-state index contributed by atoms with van der Waals surface area (Å²) in [5.41, 5.74) is 2.42. The second kappa shape index (κ2) is 4.21. The van der Waals surface area contributed by atoms with E-state index in [1.807, 2.05) is 25.2 Å². The average molecular weight is 262 g/mol. The standard InChI is InChI=1S/C14H18N2O3/c1-15-12(14(8-17)5-6-14)9-3-4-11-10(7-9)16(2)13(18)19-11/h3-4,7,12,15,17H,5-6,8H2,1-2H3. The van der Waals surface area contributed by atoms with E-state index in [1.54, 1.807) is 7.05 Å². The van der Waals surface area contributed by atoms with Crippen molar-refractivity contribution >= 4 is 11.1 Å². The van der Waals surface area contributed by atoms with E-state index in [9.17, 15) is 9.90 Å². The molecule has 2 aromatic rings. The van der Waals surface area contributed by atoms with Gasteiger partial charge in [0.05, 0.1) is 12.1 Å². The number of nitrogens with zero attached hydrogens (tertiary/aromatic N) is 1. The lowest BCUT2D eigenvalue weighted by molar-refractivity contribution is 0.175. The summed E-state index contributed by atoms with van der Waals surface area (Å²) in [5, 5.41) is 12.9. The third kappa shape index (κ3) is 1.81. The monoisotopic (exact) mass is 262 g/mol. The summed E-state index contributed by atoms with van der Waals surface area (Å²) in [6, 6.07) is 5.86. The molecule has 0 amide bonds. The predicted octanol–water partition coefficient (Wildman–Crippen LogP) is 1.16. The minimum atomic E-state index is -0.351. The Labute approximate surface area is 110 Å². The SMILES string of the molecule is CNC(c1ccc2oc(=O)n(C)c2c1)C1(CO)CC1. The summed E-state index contributed by atoms with van der Waals surface area (Å²) in [4.78, 5) is 11.5. The zero-order chi connectivity index (χ0) is 13.6. The average Bonchev–Trinajstić information content (AvgIpc) is 3.15.